The van der Waals surface area contributed by atoms with E-state index in [1.54, 1.807) is 0 Å². The molecule has 72 valence electrons. The summed E-state index contributed by atoms with van der Waals surface area (Å²) in [5.74, 6) is 0.787. The zero-order valence-electron chi connectivity index (χ0n) is 7.59. The topological polar surface area (TPSA) is 9.23 Å². The standard InChI is InChI=1S/C9H16F2O/c1-6(2)7-4-3-5-8(7)12-9(10)11/h6-9H,3-5H2,1-2H3/t7-,8+/m0/s1. The third kappa shape index (κ3) is 2.41. The maximum atomic E-state index is 11.9. The smallest absolute Gasteiger partial charge is 0.319 e. The molecule has 0 spiro atoms. The van der Waals surface area contributed by atoms with Crippen molar-refractivity contribution in [3.8, 4) is 0 Å². The Morgan fingerprint density at radius 3 is 2.42 bits per heavy atom. The van der Waals surface area contributed by atoms with Crippen LogP contribution in [0.25, 0.3) is 0 Å². The van der Waals surface area contributed by atoms with Gasteiger partial charge in [-0.15, -0.1) is 0 Å². The van der Waals surface area contributed by atoms with Crippen LogP contribution in [0.2, 0.25) is 0 Å². The van der Waals surface area contributed by atoms with Crippen LogP contribution < -0.4 is 0 Å². The van der Waals surface area contributed by atoms with Crippen molar-refractivity contribution in [3.05, 3.63) is 0 Å². The highest BCUT2D eigenvalue weighted by molar-refractivity contribution is 4.80. The van der Waals surface area contributed by atoms with E-state index in [-0.39, 0.29) is 6.10 Å². The van der Waals surface area contributed by atoms with E-state index < -0.39 is 6.61 Å². The summed E-state index contributed by atoms with van der Waals surface area (Å²) in [6.45, 7) is 1.53. The van der Waals surface area contributed by atoms with E-state index in [1.165, 1.54) is 0 Å². The van der Waals surface area contributed by atoms with E-state index in [4.69, 9.17) is 0 Å². The van der Waals surface area contributed by atoms with E-state index in [9.17, 15) is 8.78 Å². The maximum absolute atomic E-state index is 11.9. The lowest BCUT2D eigenvalue weighted by atomic mass is 9.93. The molecule has 0 bridgehead atoms. The van der Waals surface area contributed by atoms with Crippen LogP contribution in [0, 0.1) is 11.8 Å². The Labute approximate surface area is 72.1 Å². The first-order valence-corrected chi connectivity index (χ1v) is 4.55. The van der Waals surface area contributed by atoms with Gasteiger partial charge in [-0.05, 0) is 24.7 Å². The highest BCUT2D eigenvalue weighted by Gasteiger charge is 2.32. The summed E-state index contributed by atoms with van der Waals surface area (Å²) in [6.07, 6.45) is 2.66. The van der Waals surface area contributed by atoms with Crippen LogP contribution in [0.5, 0.6) is 0 Å². The Bertz CT molecular complexity index is 136. The van der Waals surface area contributed by atoms with E-state index >= 15 is 0 Å². The summed E-state index contributed by atoms with van der Waals surface area (Å²) < 4.78 is 28.4. The van der Waals surface area contributed by atoms with E-state index in [1.807, 2.05) is 0 Å². The Kier molecular flexibility index (Phi) is 3.44. The van der Waals surface area contributed by atoms with E-state index in [2.05, 4.69) is 18.6 Å². The minimum absolute atomic E-state index is 0.204. The molecule has 1 fully saturated rings. The van der Waals surface area contributed by atoms with Gasteiger partial charge in [-0.1, -0.05) is 20.3 Å². The first kappa shape index (κ1) is 9.90. The van der Waals surface area contributed by atoms with E-state index in [0.717, 1.165) is 19.3 Å². The van der Waals surface area contributed by atoms with Gasteiger partial charge in [-0.2, -0.15) is 8.78 Å². The van der Waals surface area contributed by atoms with Crippen LogP contribution in [0.4, 0.5) is 8.78 Å². The molecule has 2 atom stereocenters. The van der Waals surface area contributed by atoms with Crippen LogP contribution >= 0.6 is 0 Å². The van der Waals surface area contributed by atoms with Crippen molar-refractivity contribution >= 4 is 0 Å². The van der Waals surface area contributed by atoms with Gasteiger partial charge in [-0.25, -0.2) is 0 Å². The van der Waals surface area contributed by atoms with Crippen LogP contribution in [-0.2, 0) is 4.74 Å². The quantitative estimate of drug-likeness (QED) is 0.645. The summed E-state index contributed by atoms with van der Waals surface area (Å²) in [6, 6.07) is 0. The van der Waals surface area contributed by atoms with Crippen molar-refractivity contribution in [3.63, 3.8) is 0 Å². The zero-order valence-corrected chi connectivity index (χ0v) is 7.59. The van der Waals surface area contributed by atoms with Gasteiger partial charge in [0.1, 0.15) is 0 Å². The number of rotatable bonds is 3. The molecule has 1 aliphatic carbocycles. The van der Waals surface area contributed by atoms with Gasteiger partial charge in [0.25, 0.3) is 0 Å². The van der Waals surface area contributed by atoms with Crippen molar-refractivity contribution in [2.75, 3.05) is 0 Å². The molecule has 3 heteroatoms. The van der Waals surface area contributed by atoms with E-state index in [0.29, 0.717) is 11.8 Å². The van der Waals surface area contributed by atoms with Gasteiger partial charge < -0.3 is 4.74 Å². The predicted molar refractivity (Wildman–Crippen MR) is 43.1 cm³/mol. The van der Waals surface area contributed by atoms with Gasteiger partial charge >= 0.3 is 6.61 Å². The maximum Gasteiger partial charge on any atom is 0.345 e. The molecule has 1 aliphatic rings. The third-order valence-electron chi connectivity index (χ3n) is 2.64. The highest BCUT2D eigenvalue weighted by Crippen LogP contribution is 2.34. The van der Waals surface area contributed by atoms with Crippen molar-refractivity contribution in [1.82, 2.24) is 0 Å². The molecule has 0 aromatic heterocycles. The predicted octanol–water partition coefficient (Wildman–Crippen LogP) is 3.05. The second-order valence-electron chi connectivity index (χ2n) is 3.77. The SMILES string of the molecule is CC(C)[C@@H]1CCC[C@H]1OC(F)F. The van der Waals surface area contributed by atoms with Crippen LogP contribution in [0.3, 0.4) is 0 Å². The Hall–Kier alpha value is -0.180. The Balaban J connectivity index is 2.41. The molecule has 0 aliphatic heterocycles. The Morgan fingerprint density at radius 2 is 1.92 bits per heavy atom. The molecule has 1 rings (SSSR count). The molecule has 0 aromatic carbocycles. The first-order valence-electron chi connectivity index (χ1n) is 4.55. The molecule has 0 heterocycles. The lowest BCUT2D eigenvalue weighted by Crippen LogP contribution is -2.24. The fraction of sp³-hybridized carbons (Fsp3) is 1.00. The molecule has 0 unspecified atom stereocenters. The van der Waals surface area contributed by atoms with Crippen molar-refractivity contribution in [1.29, 1.82) is 0 Å². The zero-order chi connectivity index (χ0) is 9.14. The van der Waals surface area contributed by atoms with Crippen LogP contribution in [-0.4, -0.2) is 12.7 Å². The van der Waals surface area contributed by atoms with Crippen LogP contribution in [0.1, 0.15) is 33.1 Å². The average molecular weight is 178 g/mol. The summed E-state index contributed by atoms with van der Waals surface area (Å²) in [5, 5.41) is 0. The fourth-order valence-electron chi connectivity index (χ4n) is 2.02. The fourth-order valence-corrected chi connectivity index (χ4v) is 2.02. The normalized spacial score (nSPS) is 30.5. The second-order valence-corrected chi connectivity index (χ2v) is 3.77. The lowest BCUT2D eigenvalue weighted by Gasteiger charge is -2.22. The molecule has 0 amide bonds. The molecular formula is C9H16F2O. The summed E-state index contributed by atoms with van der Waals surface area (Å²) in [5.41, 5.74) is 0. The second kappa shape index (κ2) is 4.17. The summed E-state index contributed by atoms with van der Waals surface area (Å²) >= 11 is 0. The molecule has 0 radical (unpaired) electrons. The lowest BCUT2D eigenvalue weighted by molar-refractivity contribution is -0.174. The van der Waals surface area contributed by atoms with Gasteiger partial charge in [0.2, 0.25) is 0 Å². The number of hydrogen-bond donors (Lipinski definition) is 0. The minimum Gasteiger partial charge on any atom is -0.319 e. The van der Waals surface area contributed by atoms with Crippen molar-refractivity contribution < 1.29 is 13.5 Å². The summed E-state index contributed by atoms with van der Waals surface area (Å²) in [4.78, 5) is 0. The largest absolute Gasteiger partial charge is 0.345 e. The van der Waals surface area contributed by atoms with Gasteiger partial charge in [-0.3, -0.25) is 0 Å². The summed E-state index contributed by atoms with van der Waals surface area (Å²) in [7, 11) is 0. The average Bonchev–Trinajstić information content (AvgIpc) is 2.33. The first-order chi connectivity index (χ1) is 5.61. The van der Waals surface area contributed by atoms with Crippen LogP contribution in [0.15, 0.2) is 0 Å². The molecule has 12 heavy (non-hydrogen) atoms. The Morgan fingerprint density at radius 1 is 1.25 bits per heavy atom. The third-order valence-corrected chi connectivity index (χ3v) is 2.64. The number of ether oxygens (including phenoxy) is 1. The van der Waals surface area contributed by atoms with Crippen molar-refractivity contribution in [2.45, 2.75) is 45.8 Å². The molecule has 1 nitrogen and oxygen atoms in total. The molecular weight excluding hydrogens is 162 g/mol. The molecule has 0 N–H and O–H groups in total. The van der Waals surface area contributed by atoms with Gasteiger partial charge in [0.15, 0.2) is 0 Å². The minimum atomic E-state index is -2.60. The number of halogens is 2. The highest BCUT2D eigenvalue weighted by atomic mass is 19.3. The number of alkyl halides is 2. The van der Waals surface area contributed by atoms with Gasteiger partial charge in [0, 0.05) is 0 Å². The molecule has 0 saturated heterocycles. The molecule has 1 saturated carbocycles. The number of hydrogen-bond acceptors (Lipinski definition) is 1. The monoisotopic (exact) mass is 178 g/mol. The van der Waals surface area contributed by atoms with Crippen molar-refractivity contribution in [2.24, 2.45) is 11.8 Å². The molecule has 0 aromatic rings. The van der Waals surface area contributed by atoms with Gasteiger partial charge in [0.05, 0.1) is 6.10 Å².